The second-order valence-corrected chi connectivity index (χ2v) is 13.3. The van der Waals surface area contributed by atoms with Gasteiger partial charge in [0.2, 0.25) is 0 Å². The third-order valence-electron chi connectivity index (χ3n) is 4.43. The van der Waals surface area contributed by atoms with E-state index in [9.17, 15) is 26.4 Å². The van der Waals surface area contributed by atoms with Gasteiger partial charge in [-0.1, -0.05) is 49.0 Å². The molecule has 6 nitrogen and oxygen atoms in total. The Labute approximate surface area is 161 Å². The quantitative estimate of drug-likeness (QED) is 0.700. The molecule has 2 atom stereocenters. The average molecular weight is 415 g/mol. The van der Waals surface area contributed by atoms with Gasteiger partial charge in [-0.3, -0.25) is 9.59 Å². The zero-order valence-electron chi connectivity index (χ0n) is 17.3. The maximum absolute atomic E-state index is 11.5. The summed E-state index contributed by atoms with van der Waals surface area (Å²) in [5, 5.41) is -0.884. The maximum Gasteiger partial charge on any atom is 0.160 e. The number of rotatable bonds is 4. The summed E-state index contributed by atoms with van der Waals surface area (Å²) < 4.78 is 44.1. The lowest BCUT2D eigenvalue weighted by Crippen LogP contribution is -2.52. The molecule has 0 fully saturated rings. The molecule has 8 heteroatoms. The number of ketones is 2. The SMILES string of the molecule is C.CC(=O)C(C(C)(C)C)S(C)(=O)=O.CC(=O)C(C)(C(C)(C)C)S(C)(=O)=O. The molecule has 0 radical (unpaired) electrons. The Bertz CT molecular complexity index is 704. The van der Waals surface area contributed by atoms with Crippen LogP contribution in [0.3, 0.4) is 0 Å². The van der Waals surface area contributed by atoms with Gasteiger partial charge >= 0.3 is 0 Å². The normalized spacial score (nSPS) is 16.3. The predicted molar refractivity (Wildman–Crippen MR) is 109 cm³/mol. The van der Waals surface area contributed by atoms with Crippen LogP contribution >= 0.6 is 0 Å². The second kappa shape index (κ2) is 8.95. The number of carbonyl (C=O) groups excluding carboxylic acids is 2. The van der Waals surface area contributed by atoms with E-state index < -0.39 is 40.5 Å². The van der Waals surface area contributed by atoms with Crippen molar-refractivity contribution >= 4 is 31.2 Å². The lowest BCUT2D eigenvalue weighted by Gasteiger charge is -2.37. The van der Waals surface area contributed by atoms with Crippen molar-refractivity contribution in [3.05, 3.63) is 0 Å². The summed E-state index contributed by atoms with van der Waals surface area (Å²) in [5.74, 6) is -0.590. The summed E-state index contributed by atoms with van der Waals surface area (Å²) in [6.07, 6.45) is 2.21. The molecule has 158 valence electrons. The van der Waals surface area contributed by atoms with E-state index in [2.05, 4.69) is 0 Å². The van der Waals surface area contributed by atoms with Crippen molar-refractivity contribution in [1.82, 2.24) is 0 Å². The molecule has 0 N–H and O–H groups in total. The number of sulfone groups is 2. The summed E-state index contributed by atoms with van der Waals surface area (Å²) in [4.78, 5) is 22.4. The standard InChI is InChI=1S/C9H18O3S.C8H16O3S.CH4/c1-7(10)9(5,8(2,3)4)13(6,11)12;1-6(9)7(8(2,3)4)12(5,10)11;/h1-6H3;7H,1-5H3;1H4. The van der Waals surface area contributed by atoms with Crippen molar-refractivity contribution in [2.24, 2.45) is 10.8 Å². The highest BCUT2D eigenvalue weighted by Crippen LogP contribution is 2.37. The Morgan fingerprint density at radius 2 is 1.08 bits per heavy atom. The van der Waals surface area contributed by atoms with Crippen molar-refractivity contribution in [1.29, 1.82) is 0 Å². The Kier molecular flexibility index (Phi) is 10.3. The fourth-order valence-corrected chi connectivity index (χ4v) is 6.42. The third-order valence-corrected chi connectivity index (χ3v) is 8.71. The number of hydrogen-bond acceptors (Lipinski definition) is 6. The summed E-state index contributed by atoms with van der Waals surface area (Å²) >= 11 is 0. The third kappa shape index (κ3) is 7.47. The predicted octanol–water partition coefficient (Wildman–Crippen LogP) is 3.10. The summed E-state index contributed by atoms with van der Waals surface area (Å²) in [6.45, 7) is 14.7. The van der Waals surface area contributed by atoms with Crippen molar-refractivity contribution in [3.8, 4) is 0 Å². The van der Waals surface area contributed by atoms with Crippen LogP contribution in [0.1, 0.15) is 69.7 Å². The van der Waals surface area contributed by atoms with Gasteiger partial charge < -0.3 is 0 Å². The lowest BCUT2D eigenvalue weighted by atomic mass is 9.79. The Balaban J connectivity index is -0.000000393. The maximum atomic E-state index is 11.5. The van der Waals surface area contributed by atoms with Crippen LogP contribution in [0.2, 0.25) is 0 Å². The molecule has 0 spiro atoms. The Morgan fingerprint density at radius 3 is 1.08 bits per heavy atom. The van der Waals surface area contributed by atoms with Crippen LogP contribution in [0.15, 0.2) is 0 Å². The molecule has 26 heavy (non-hydrogen) atoms. The van der Waals surface area contributed by atoms with Crippen molar-refractivity contribution < 1.29 is 26.4 Å². The highest BCUT2D eigenvalue weighted by molar-refractivity contribution is 7.93. The molecule has 0 aromatic carbocycles. The Morgan fingerprint density at radius 1 is 0.769 bits per heavy atom. The molecule has 0 rings (SSSR count). The van der Waals surface area contributed by atoms with Gasteiger partial charge in [-0.2, -0.15) is 0 Å². The summed E-state index contributed by atoms with van der Waals surface area (Å²) in [5.41, 5.74) is -1.09. The largest absolute Gasteiger partial charge is 0.299 e. The van der Waals surface area contributed by atoms with E-state index in [1.807, 2.05) is 0 Å². The average Bonchev–Trinajstić information content (AvgIpc) is 2.19. The summed E-state index contributed by atoms with van der Waals surface area (Å²) in [6, 6.07) is 0. The van der Waals surface area contributed by atoms with Crippen molar-refractivity contribution in [2.45, 2.75) is 79.7 Å². The van der Waals surface area contributed by atoms with Crippen LogP contribution in [0.25, 0.3) is 0 Å². The summed E-state index contributed by atoms with van der Waals surface area (Å²) in [7, 11) is -6.64. The molecule has 0 bridgehead atoms. The van der Waals surface area contributed by atoms with Gasteiger partial charge in [-0.25, -0.2) is 16.8 Å². The van der Waals surface area contributed by atoms with Gasteiger partial charge in [-0.15, -0.1) is 0 Å². The molecule has 0 aliphatic heterocycles. The second-order valence-electron chi connectivity index (χ2n) is 8.80. The van der Waals surface area contributed by atoms with E-state index in [1.165, 1.54) is 20.8 Å². The number of hydrogen-bond donors (Lipinski definition) is 0. The van der Waals surface area contributed by atoms with Crippen LogP contribution in [0.4, 0.5) is 0 Å². The lowest BCUT2D eigenvalue weighted by molar-refractivity contribution is -0.121. The molecule has 2 unspecified atom stereocenters. The van der Waals surface area contributed by atoms with Gasteiger partial charge in [0.05, 0.1) is 0 Å². The fourth-order valence-electron chi connectivity index (χ4n) is 2.90. The van der Waals surface area contributed by atoms with Crippen LogP contribution in [0, 0.1) is 10.8 Å². The minimum atomic E-state index is -3.37. The van der Waals surface area contributed by atoms with Gasteiger partial charge in [-0.05, 0) is 31.6 Å². The number of Topliss-reactive ketones (excluding diaryl/α,β-unsaturated/α-hetero) is 2. The topological polar surface area (TPSA) is 102 Å². The van der Waals surface area contributed by atoms with Crippen LogP contribution < -0.4 is 0 Å². The molecule has 0 saturated carbocycles. The van der Waals surface area contributed by atoms with Gasteiger partial charge in [0, 0.05) is 12.5 Å². The van der Waals surface area contributed by atoms with E-state index in [0.29, 0.717) is 0 Å². The fraction of sp³-hybridized carbons (Fsp3) is 0.889. The molecule has 0 aliphatic carbocycles. The van der Waals surface area contributed by atoms with Crippen LogP contribution in [-0.4, -0.2) is 50.9 Å². The van der Waals surface area contributed by atoms with E-state index >= 15 is 0 Å². The number of carbonyl (C=O) groups is 2. The first-order chi connectivity index (χ1) is 10.5. The smallest absolute Gasteiger partial charge is 0.160 e. The monoisotopic (exact) mass is 414 g/mol. The van der Waals surface area contributed by atoms with Gasteiger partial charge in [0.25, 0.3) is 0 Å². The Hall–Kier alpha value is -0.760. The zero-order valence-corrected chi connectivity index (χ0v) is 19.0. The van der Waals surface area contributed by atoms with Gasteiger partial charge in [0.15, 0.2) is 25.5 Å². The molecular weight excluding hydrogens is 376 g/mol. The van der Waals surface area contributed by atoms with E-state index in [-0.39, 0.29) is 19.0 Å². The minimum absolute atomic E-state index is 0. The minimum Gasteiger partial charge on any atom is -0.299 e. The molecule has 0 aromatic heterocycles. The molecule has 0 aliphatic rings. The molecule has 0 saturated heterocycles. The molecule has 0 heterocycles. The first kappa shape index (κ1) is 30.0. The van der Waals surface area contributed by atoms with Crippen LogP contribution in [-0.2, 0) is 29.3 Å². The highest BCUT2D eigenvalue weighted by atomic mass is 32.2. The van der Waals surface area contributed by atoms with E-state index in [4.69, 9.17) is 0 Å². The molecule has 0 aromatic rings. The van der Waals surface area contributed by atoms with Crippen molar-refractivity contribution in [3.63, 3.8) is 0 Å². The molecular formula is C18H38O6S2. The van der Waals surface area contributed by atoms with E-state index in [1.54, 1.807) is 41.5 Å². The van der Waals surface area contributed by atoms with Crippen LogP contribution in [0.5, 0.6) is 0 Å². The molecule has 0 amide bonds. The highest BCUT2D eigenvalue weighted by Gasteiger charge is 2.50. The first-order valence-electron chi connectivity index (χ1n) is 7.91. The first-order valence-corrected chi connectivity index (χ1v) is 11.8. The van der Waals surface area contributed by atoms with Gasteiger partial charge in [0.1, 0.15) is 15.8 Å². The zero-order chi connectivity index (χ0) is 21.2. The van der Waals surface area contributed by atoms with Crippen molar-refractivity contribution in [2.75, 3.05) is 12.5 Å². The van der Waals surface area contributed by atoms with E-state index in [0.717, 1.165) is 12.5 Å².